The molecule has 1 fully saturated rings. The van der Waals surface area contributed by atoms with Crippen LogP contribution in [0.1, 0.15) is 19.0 Å². The minimum Gasteiger partial charge on any atom is -0.394 e. The highest BCUT2D eigenvalue weighted by atomic mass is 19.4. The van der Waals surface area contributed by atoms with Crippen molar-refractivity contribution >= 4 is 11.4 Å². The van der Waals surface area contributed by atoms with Crippen LogP contribution in [0.5, 0.6) is 0 Å². The van der Waals surface area contributed by atoms with E-state index in [2.05, 4.69) is 4.98 Å². The number of anilines is 1. The van der Waals surface area contributed by atoms with Crippen molar-refractivity contribution in [2.45, 2.75) is 25.6 Å². The van der Waals surface area contributed by atoms with Crippen molar-refractivity contribution in [2.24, 2.45) is 5.92 Å². The number of aliphatic hydroxyl groups is 1. The van der Waals surface area contributed by atoms with Gasteiger partial charge >= 0.3 is 11.9 Å². The summed E-state index contributed by atoms with van der Waals surface area (Å²) in [5.41, 5.74) is -1.82. The van der Waals surface area contributed by atoms with E-state index in [9.17, 15) is 28.4 Å². The van der Waals surface area contributed by atoms with Crippen molar-refractivity contribution in [3.05, 3.63) is 28.1 Å². The SMILES string of the molecule is CC1CCN(c2cc(C(F)(F)F)ncc2[N+](=O)[O-])C1CO. The third-order valence-electron chi connectivity index (χ3n) is 3.73. The molecule has 0 aromatic carbocycles. The molecule has 2 atom stereocenters. The maximum absolute atomic E-state index is 12.7. The van der Waals surface area contributed by atoms with Gasteiger partial charge in [-0.2, -0.15) is 13.2 Å². The first-order valence-electron chi connectivity index (χ1n) is 6.34. The van der Waals surface area contributed by atoms with Gasteiger partial charge in [0.2, 0.25) is 0 Å². The Morgan fingerprint density at radius 3 is 2.76 bits per heavy atom. The van der Waals surface area contributed by atoms with Gasteiger partial charge in [0.25, 0.3) is 0 Å². The summed E-state index contributed by atoms with van der Waals surface area (Å²) < 4.78 is 38.2. The lowest BCUT2D eigenvalue weighted by molar-refractivity contribution is -0.384. The number of rotatable bonds is 3. The molecule has 0 radical (unpaired) electrons. The smallest absolute Gasteiger partial charge is 0.394 e. The molecule has 0 saturated carbocycles. The van der Waals surface area contributed by atoms with Crippen molar-refractivity contribution in [2.75, 3.05) is 18.1 Å². The van der Waals surface area contributed by atoms with E-state index >= 15 is 0 Å². The van der Waals surface area contributed by atoms with Gasteiger partial charge in [0, 0.05) is 6.54 Å². The fourth-order valence-corrected chi connectivity index (χ4v) is 2.55. The average Bonchev–Trinajstić information content (AvgIpc) is 2.77. The lowest BCUT2D eigenvalue weighted by Gasteiger charge is -2.27. The standard InChI is InChI=1S/C12H14F3N3O3/c1-7-2-3-17(10(7)6-19)8-4-11(12(13,14)15)16-5-9(8)18(20)21/h4-5,7,10,19H,2-3,6H2,1H3. The molecular weight excluding hydrogens is 291 g/mol. The fourth-order valence-electron chi connectivity index (χ4n) is 2.55. The summed E-state index contributed by atoms with van der Waals surface area (Å²) in [7, 11) is 0. The molecule has 21 heavy (non-hydrogen) atoms. The quantitative estimate of drug-likeness (QED) is 0.684. The fraction of sp³-hybridized carbons (Fsp3) is 0.583. The van der Waals surface area contributed by atoms with Crippen LogP contribution in [0.3, 0.4) is 0 Å². The van der Waals surface area contributed by atoms with E-state index in [0.717, 1.165) is 0 Å². The van der Waals surface area contributed by atoms with Crippen LogP contribution >= 0.6 is 0 Å². The van der Waals surface area contributed by atoms with Crippen molar-refractivity contribution in [1.82, 2.24) is 4.98 Å². The van der Waals surface area contributed by atoms with Gasteiger partial charge in [-0.1, -0.05) is 6.92 Å². The number of nitro groups is 1. The molecule has 2 heterocycles. The molecule has 1 saturated heterocycles. The predicted octanol–water partition coefficient (Wildman–Crippen LogP) is 2.22. The number of halogens is 3. The van der Waals surface area contributed by atoms with Gasteiger partial charge in [0.15, 0.2) is 0 Å². The van der Waals surface area contributed by atoms with E-state index in [-0.39, 0.29) is 18.2 Å². The molecule has 1 aromatic heterocycles. The number of hydrogen-bond acceptors (Lipinski definition) is 5. The Morgan fingerprint density at radius 1 is 1.57 bits per heavy atom. The summed E-state index contributed by atoms with van der Waals surface area (Å²) in [4.78, 5) is 14.8. The number of aromatic nitrogens is 1. The summed E-state index contributed by atoms with van der Waals surface area (Å²) in [6, 6.07) is 0.242. The summed E-state index contributed by atoms with van der Waals surface area (Å²) >= 11 is 0. The summed E-state index contributed by atoms with van der Waals surface area (Å²) in [5.74, 6) is 0.0390. The first-order chi connectivity index (χ1) is 9.75. The highest BCUT2D eigenvalue weighted by molar-refractivity contribution is 5.64. The molecule has 1 aromatic rings. The third-order valence-corrected chi connectivity index (χ3v) is 3.73. The number of aliphatic hydroxyl groups excluding tert-OH is 1. The molecular formula is C12H14F3N3O3. The topological polar surface area (TPSA) is 79.5 Å². The van der Waals surface area contributed by atoms with Crippen molar-refractivity contribution in [1.29, 1.82) is 0 Å². The van der Waals surface area contributed by atoms with Gasteiger partial charge in [-0.05, 0) is 18.4 Å². The Bertz CT molecular complexity index is 550. The lowest BCUT2D eigenvalue weighted by atomic mass is 10.0. The van der Waals surface area contributed by atoms with E-state index in [4.69, 9.17) is 0 Å². The maximum Gasteiger partial charge on any atom is 0.433 e. The lowest BCUT2D eigenvalue weighted by Crippen LogP contribution is -2.35. The van der Waals surface area contributed by atoms with Gasteiger partial charge < -0.3 is 10.0 Å². The highest BCUT2D eigenvalue weighted by Crippen LogP contribution is 2.38. The summed E-state index contributed by atoms with van der Waals surface area (Å²) in [6.07, 6.45) is -3.41. The van der Waals surface area contributed by atoms with Crippen molar-refractivity contribution in [3.8, 4) is 0 Å². The van der Waals surface area contributed by atoms with Crippen molar-refractivity contribution < 1.29 is 23.2 Å². The Kier molecular flexibility index (Phi) is 4.04. The Balaban J connectivity index is 2.51. The third kappa shape index (κ3) is 2.92. The predicted molar refractivity (Wildman–Crippen MR) is 67.9 cm³/mol. The Morgan fingerprint density at radius 2 is 2.24 bits per heavy atom. The molecule has 2 unspecified atom stereocenters. The largest absolute Gasteiger partial charge is 0.433 e. The van der Waals surface area contributed by atoms with E-state index in [1.165, 1.54) is 4.90 Å². The first kappa shape index (κ1) is 15.5. The molecule has 0 spiro atoms. The normalized spacial score (nSPS) is 22.6. The number of alkyl halides is 3. The average molecular weight is 305 g/mol. The van der Waals surface area contributed by atoms with E-state index in [1.54, 1.807) is 0 Å². The van der Waals surface area contributed by atoms with Crippen LogP contribution < -0.4 is 4.90 Å². The number of nitrogens with zero attached hydrogens (tertiary/aromatic N) is 3. The molecule has 0 aliphatic carbocycles. The molecule has 1 aliphatic rings. The molecule has 1 N–H and O–H groups in total. The highest BCUT2D eigenvalue weighted by Gasteiger charge is 2.38. The zero-order valence-corrected chi connectivity index (χ0v) is 11.2. The van der Waals surface area contributed by atoms with Crippen LogP contribution in [0.25, 0.3) is 0 Å². The number of pyridine rings is 1. The minimum atomic E-state index is -4.68. The van der Waals surface area contributed by atoms with Gasteiger partial charge in [-0.15, -0.1) is 0 Å². The molecule has 116 valence electrons. The van der Waals surface area contributed by atoms with Crippen LogP contribution in [0, 0.1) is 16.0 Å². The second-order valence-corrected chi connectivity index (χ2v) is 5.02. The van der Waals surface area contributed by atoms with E-state index in [1.807, 2.05) is 6.92 Å². The van der Waals surface area contributed by atoms with Crippen LogP contribution in [-0.4, -0.2) is 34.2 Å². The summed E-state index contributed by atoms with van der Waals surface area (Å²) in [5, 5.41) is 20.4. The summed E-state index contributed by atoms with van der Waals surface area (Å²) in [6.45, 7) is 1.93. The molecule has 2 rings (SSSR count). The molecule has 1 aliphatic heterocycles. The minimum absolute atomic E-state index is 0.0390. The van der Waals surface area contributed by atoms with Crippen LogP contribution in [0.15, 0.2) is 12.3 Å². The van der Waals surface area contributed by atoms with Crippen LogP contribution in [0.2, 0.25) is 0 Å². The zero-order valence-electron chi connectivity index (χ0n) is 11.2. The molecule has 9 heteroatoms. The zero-order chi connectivity index (χ0) is 15.8. The van der Waals surface area contributed by atoms with Crippen LogP contribution in [0.4, 0.5) is 24.5 Å². The van der Waals surface area contributed by atoms with Gasteiger partial charge in [0.1, 0.15) is 17.6 Å². The number of hydrogen-bond donors (Lipinski definition) is 1. The van der Waals surface area contributed by atoms with E-state index < -0.39 is 28.5 Å². The second-order valence-electron chi connectivity index (χ2n) is 5.02. The van der Waals surface area contributed by atoms with Gasteiger partial charge in [0.05, 0.1) is 17.6 Å². The molecule has 6 nitrogen and oxygen atoms in total. The molecule has 0 bridgehead atoms. The monoisotopic (exact) mass is 305 g/mol. The second kappa shape index (κ2) is 5.47. The Hall–Kier alpha value is -1.90. The van der Waals surface area contributed by atoms with E-state index in [0.29, 0.717) is 25.2 Å². The van der Waals surface area contributed by atoms with Crippen molar-refractivity contribution in [3.63, 3.8) is 0 Å². The maximum atomic E-state index is 12.7. The Labute approximate surface area is 118 Å². The first-order valence-corrected chi connectivity index (χ1v) is 6.34. The molecule has 0 amide bonds. The van der Waals surface area contributed by atoms with Crippen LogP contribution in [-0.2, 0) is 6.18 Å². The van der Waals surface area contributed by atoms with Gasteiger partial charge in [-0.3, -0.25) is 10.1 Å². The van der Waals surface area contributed by atoms with Gasteiger partial charge in [-0.25, -0.2) is 4.98 Å².